The van der Waals surface area contributed by atoms with Crippen LogP contribution in [0.1, 0.15) is 17.0 Å². The molecule has 0 spiro atoms. The summed E-state index contributed by atoms with van der Waals surface area (Å²) in [4.78, 5) is 8.78. The average Bonchev–Trinajstić information content (AvgIpc) is 2.43. The second-order valence-corrected chi connectivity index (χ2v) is 5.03. The smallest absolute Gasteiger partial charge is 0.136 e. The molecular weight excluding hydrogens is 264 g/mol. The van der Waals surface area contributed by atoms with E-state index < -0.39 is 0 Å². The minimum absolute atomic E-state index is 0.642. The van der Waals surface area contributed by atoms with Gasteiger partial charge in [0, 0.05) is 25.4 Å². The lowest BCUT2D eigenvalue weighted by molar-refractivity contribution is 0.210. The molecule has 0 saturated carbocycles. The molecular formula is C16H22N4O. The highest BCUT2D eigenvalue weighted by molar-refractivity contribution is 5.60. The number of methoxy groups -OCH3 is 1. The van der Waals surface area contributed by atoms with E-state index >= 15 is 0 Å². The first kappa shape index (κ1) is 15.3. The fraction of sp³-hybridized carbons (Fsp3) is 0.375. The molecule has 0 fully saturated rings. The number of nitrogens with zero attached hydrogens (tertiary/aromatic N) is 2. The molecule has 0 atom stereocenters. The Balaban J connectivity index is 2.13. The molecule has 0 saturated heterocycles. The first-order chi connectivity index (χ1) is 10.1. The second kappa shape index (κ2) is 7.04. The van der Waals surface area contributed by atoms with Crippen LogP contribution in [-0.2, 0) is 4.74 Å². The maximum atomic E-state index is 5.02. The van der Waals surface area contributed by atoms with Crippen molar-refractivity contribution < 1.29 is 4.74 Å². The van der Waals surface area contributed by atoms with Crippen molar-refractivity contribution in [2.75, 3.05) is 30.9 Å². The molecule has 0 bridgehead atoms. The van der Waals surface area contributed by atoms with Crippen LogP contribution in [0, 0.1) is 20.8 Å². The van der Waals surface area contributed by atoms with Crippen LogP contribution in [0.2, 0.25) is 0 Å². The molecule has 2 N–H and O–H groups in total. The van der Waals surface area contributed by atoms with Gasteiger partial charge in [0.2, 0.25) is 0 Å². The second-order valence-electron chi connectivity index (χ2n) is 5.03. The van der Waals surface area contributed by atoms with Crippen LogP contribution in [0.3, 0.4) is 0 Å². The lowest BCUT2D eigenvalue weighted by Gasteiger charge is -2.11. The predicted octanol–water partition coefficient (Wildman–Crippen LogP) is 3.20. The van der Waals surface area contributed by atoms with E-state index in [1.54, 1.807) is 7.11 Å². The van der Waals surface area contributed by atoms with Gasteiger partial charge in [-0.25, -0.2) is 9.97 Å². The molecule has 2 aromatic rings. The summed E-state index contributed by atoms with van der Waals surface area (Å²) in [5.74, 6) is 2.31. The van der Waals surface area contributed by atoms with Crippen molar-refractivity contribution in [2.24, 2.45) is 0 Å². The van der Waals surface area contributed by atoms with Crippen molar-refractivity contribution in [3.63, 3.8) is 0 Å². The molecule has 0 radical (unpaired) electrons. The molecule has 2 rings (SSSR count). The Morgan fingerprint density at radius 2 is 1.76 bits per heavy atom. The maximum absolute atomic E-state index is 5.02. The standard InChI is InChI=1S/C16H22N4O/c1-11-5-6-14(9-12(11)2)20-16-10-15(17-7-8-21-4)18-13(3)19-16/h5-6,9-10H,7-8H2,1-4H3,(H2,17,18,19,20). The zero-order chi connectivity index (χ0) is 15.2. The van der Waals surface area contributed by atoms with Crippen molar-refractivity contribution >= 4 is 17.3 Å². The number of aromatic nitrogens is 2. The summed E-state index contributed by atoms with van der Waals surface area (Å²) in [6.45, 7) is 7.45. The maximum Gasteiger partial charge on any atom is 0.136 e. The Kier molecular flexibility index (Phi) is 5.11. The normalized spacial score (nSPS) is 10.5. The summed E-state index contributed by atoms with van der Waals surface area (Å²) in [5.41, 5.74) is 3.56. The van der Waals surface area contributed by atoms with Crippen LogP contribution < -0.4 is 10.6 Å². The molecule has 0 aliphatic heterocycles. The van der Waals surface area contributed by atoms with Gasteiger partial charge in [0.15, 0.2) is 0 Å². The van der Waals surface area contributed by atoms with Crippen molar-refractivity contribution in [3.05, 3.63) is 41.2 Å². The minimum Gasteiger partial charge on any atom is -0.383 e. The largest absolute Gasteiger partial charge is 0.383 e. The third-order valence-corrected chi connectivity index (χ3v) is 3.23. The Morgan fingerprint density at radius 3 is 2.48 bits per heavy atom. The van der Waals surface area contributed by atoms with Gasteiger partial charge in [-0.1, -0.05) is 6.07 Å². The summed E-state index contributed by atoms with van der Waals surface area (Å²) in [6.07, 6.45) is 0. The van der Waals surface area contributed by atoms with Gasteiger partial charge in [-0.05, 0) is 44.0 Å². The average molecular weight is 286 g/mol. The van der Waals surface area contributed by atoms with Crippen LogP contribution in [0.15, 0.2) is 24.3 Å². The van der Waals surface area contributed by atoms with Gasteiger partial charge >= 0.3 is 0 Å². The van der Waals surface area contributed by atoms with Gasteiger partial charge in [0.1, 0.15) is 17.5 Å². The molecule has 0 aliphatic rings. The highest BCUT2D eigenvalue weighted by atomic mass is 16.5. The molecule has 5 nitrogen and oxygen atoms in total. The van der Waals surface area contributed by atoms with E-state index in [-0.39, 0.29) is 0 Å². The van der Waals surface area contributed by atoms with Gasteiger partial charge in [-0.3, -0.25) is 0 Å². The lowest BCUT2D eigenvalue weighted by atomic mass is 10.1. The number of hydrogen-bond donors (Lipinski definition) is 2. The third-order valence-electron chi connectivity index (χ3n) is 3.23. The third kappa shape index (κ3) is 4.43. The summed E-state index contributed by atoms with van der Waals surface area (Å²) >= 11 is 0. The number of nitrogens with one attached hydrogen (secondary N) is 2. The molecule has 112 valence electrons. The van der Waals surface area contributed by atoms with E-state index in [0.717, 1.165) is 29.7 Å². The van der Waals surface area contributed by atoms with E-state index in [1.165, 1.54) is 11.1 Å². The molecule has 0 unspecified atom stereocenters. The zero-order valence-electron chi connectivity index (χ0n) is 13.0. The Bertz CT molecular complexity index is 613. The number of hydrogen-bond acceptors (Lipinski definition) is 5. The molecule has 1 aromatic carbocycles. The fourth-order valence-corrected chi connectivity index (χ4v) is 1.97. The summed E-state index contributed by atoms with van der Waals surface area (Å²) in [6, 6.07) is 8.17. The molecule has 1 heterocycles. The first-order valence-electron chi connectivity index (χ1n) is 7.01. The molecule has 1 aromatic heterocycles. The van der Waals surface area contributed by atoms with Crippen LogP contribution in [-0.4, -0.2) is 30.2 Å². The van der Waals surface area contributed by atoms with Crippen LogP contribution >= 0.6 is 0 Å². The van der Waals surface area contributed by atoms with Crippen LogP contribution in [0.4, 0.5) is 17.3 Å². The number of rotatable bonds is 6. The lowest BCUT2D eigenvalue weighted by Crippen LogP contribution is -2.10. The van der Waals surface area contributed by atoms with E-state index in [2.05, 4.69) is 52.6 Å². The van der Waals surface area contributed by atoms with Crippen molar-refractivity contribution in [1.82, 2.24) is 9.97 Å². The van der Waals surface area contributed by atoms with Gasteiger partial charge in [-0.15, -0.1) is 0 Å². The van der Waals surface area contributed by atoms with E-state index in [1.807, 2.05) is 13.0 Å². The van der Waals surface area contributed by atoms with Gasteiger partial charge in [-0.2, -0.15) is 0 Å². The molecule has 5 heteroatoms. The van der Waals surface area contributed by atoms with E-state index in [4.69, 9.17) is 4.74 Å². The highest BCUT2D eigenvalue weighted by Crippen LogP contribution is 2.20. The minimum atomic E-state index is 0.642. The van der Waals surface area contributed by atoms with E-state index in [9.17, 15) is 0 Å². The highest BCUT2D eigenvalue weighted by Gasteiger charge is 2.03. The Morgan fingerprint density at radius 1 is 1.00 bits per heavy atom. The topological polar surface area (TPSA) is 59.1 Å². The zero-order valence-corrected chi connectivity index (χ0v) is 13.0. The first-order valence-corrected chi connectivity index (χ1v) is 7.01. The molecule has 0 amide bonds. The number of anilines is 3. The monoisotopic (exact) mass is 286 g/mol. The van der Waals surface area contributed by atoms with Gasteiger partial charge < -0.3 is 15.4 Å². The van der Waals surface area contributed by atoms with Gasteiger partial charge in [0.25, 0.3) is 0 Å². The van der Waals surface area contributed by atoms with Crippen molar-refractivity contribution in [1.29, 1.82) is 0 Å². The van der Waals surface area contributed by atoms with E-state index in [0.29, 0.717) is 6.61 Å². The summed E-state index contributed by atoms with van der Waals surface area (Å²) in [5, 5.41) is 6.54. The number of aryl methyl sites for hydroxylation is 3. The Labute approximate surface area is 125 Å². The number of ether oxygens (including phenoxy) is 1. The van der Waals surface area contributed by atoms with Crippen molar-refractivity contribution in [2.45, 2.75) is 20.8 Å². The van der Waals surface area contributed by atoms with Crippen LogP contribution in [0.5, 0.6) is 0 Å². The van der Waals surface area contributed by atoms with Crippen LogP contribution in [0.25, 0.3) is 0 Å². The summed E-state index contributed by atoms with van der Waals surface area (Å²) in [7, 11) is 1.68. The number of benzene rings is 1. The molecule has 21 heavy (non-hydrogen) atoms. The summed E-state index contributed by atoms with van der Waals surface area (Å²) < 4.78 is 5.02. The quantitative estimate of drug-likeness (QED) is 0.799. The van der Waals surface area contributed by atoms with Gasteiger partial charge in [0.05, 0.1) is 6.61 Å². The Hall–Kier alpha value is -2.14. The SMILES string of the molecule is COCCNc1cc(Nc2ccc(C)c(C)c2)nc(C)n1. The fourth-order valence-electron chi connectivity index (χ4n) is 1.97. The predicted molar refractivity (Wildman–Crippen MR) is 86.3 cm³/mol. The molecule has 0 aliphatic carbocycles. The van der Waals surface area contributed by atoms with Crippen molar-refractivity contribution in [3.8, 4) is 0 Å².